The molecule has 0 spiro atoms. The Bertz CT molecular complexity index is 221. The molecule has 0 aromatic heterocycles. The first-order valence-corrected chi connectivity index (χ1v) is 4.72. The number of allylic oxidation sites excluding steroid dienone is 1. The molecule has 0 aromatic rings. The summed E-state index contributed by atoms with van der Waals surface area (Å²) in [5.74, 6) is 0.901. The number of ether oxygens (including phenoxy) is 2. The van der Waals surface area contributed by atoms with Gasteiger partial charge in [-0.15, -0.1) is 0 Å². The first kappa shape index (κ1) is 9.81. The summed E-state index contributed by atoms with van der Waals surface area (Å²) in [5.41, 5.74) is 1.13. The predicted octanol–water partition coefficient (Wildman–Crippen LogP) is 2.26. The van der Waals surface area contributed by atoms with E-state index in [1.807, 2.05) is 19.1 Å². The molecule has 1 aliphatic carbocycles. The minimum absolute atomic E-state index is 0.0879. The Morgan fingerprint density at radius 2 is 2.08 bits per heavy atom. The van der Waals surface area contributed by atoms with Crippen molar-refractivity contribution >= 4 is 15.9 Å². The average Bonchev–Trinajstić information content (AvgIpc) is 2.06. The Labute approximate surface area is 81.4 Å². The Kier molecular flexibility index (Phi) is 3.35. The number of rotatable bonds is 2. The Morgan fingerprint density at radius 1 is 1.42 bits per heavy atom. The van der Waals surface area contributed by atoms with Crippen molar-refractivity contribution in [3.05, 3.63) is 23.5 Å². The fourth-order valence-electron chi connectivity index (χ4n) is 1.33. The van der Waals surface area contributed by atoms with Crippen molar-refractivity contribution < 1.29 is 9.47 Å². The second kappa shape index (κ2) is 4.10. The highest BCUT2D eigenvalue weighted by Crippen LogP contribution is 2.26. The Hall–Kier alpha value is -0.280. The summed E-state index contributed by atoms with van der Waals surface area (Å²) in [6.07, 6.45) is 4.08. The molecule has 0 radical (unpaired) electrons. The van der Waals surface area contributed by atoms with E-state index in [2.05, 4.69) is 15.9 Å². The van der Waals surface area contributed by atoms with Gasteiger partial charge >= 0.3 is 0 Å². The fourth-order valence-corrected chi connectivity index (χ4v) is 2.09. The third kappa shape index (κ3) is 1.72. The summed E-state index contributed by atoms with van der Waals surface area (Å²) in [6, 6.07) is 0. The molecule has 1 rings (SSSR count). The number of hydrogen-bond acceptors (Lipinski definition) is 2. The maximum absolute atomic E-state index is 5.31. The smallest absolute Gasteiger partial charge is 0.120 e. The Morgan fingerprint density at radius 3 is 2.58 bits per heavy atom. The lowest BCUT2D eigenvalue weighted by Gasteiger charge is -2.24. The first-order valence-electron chi connectivity index (χ1n) is 3.80. The van der Waals surface area contributed by atoms with Crippen LogP contribution in [0.1, 0.15) is 6.92 Å². The van der Waals surface area contributed by atoms with Gasteiger partial charge in [0.1, 0.15) is 5.76 Å². The van der Waals surface area contributed by atoms with Crippen LogP contribution in [-0.4, -0.2) is 25.2 Å². The van der Waals surface area contributed by atoms with Crippen LogP contribution in [-0.2, 0) is 9.47 Å². The average molecular weight is 233 g/mol. The van der Waals surface area contributed by atoms with Crippen LogP contribution in [0.15, 0.2) is 23.5 Å². The summed E-state index contributed by atoms with van der Waals surface area (Å²) in [6.45, 7) is 2.02. The molecule has 2 unspecified atom stereocenters. The van der Waals surface area contributed by atoms with E-state index in [-0.39, 0.29) is 10.9 Å². The van der Waals surface area contributed by atoms with Crippen molar-refractivity contribution in [2.24, 2.45) is 0 Å². The molecule has 0 aromatic carbocycles. The molecule has 0 aliphatic heterocycles. The lowest BCUT2D eigenvalue weighted by molar-refractivity contribution is 0.131. The van der Waals surface area contributed by atoms with Crippen LogP contribution in [0.5, 0.6) is 0 Å². The van der Waals surface area contributed by atoms with Crippen molar-refractivity contribution in [3.63, 3.8) is 0 Å². The van der Waals surface area contributed by atoms with Crippen molar-refractivity contribution in [1.82, 2.24) is 0 Å². The maximum Gasteiger partial charge on any atom is 0.120 e. The lowest BCUT2D eigenvalue weighted by Crippen LogP contribution is -2.26. The van der Waals surface area contributed by atoms with Crippen LogP contribution in [0.25, 0.3) is 0 Å². The molecular weight excluding hydrogens is 220 g/mol. The van der Waals surface area contributed by atoms with E-state index in [0.29, 0.717) is 0 Å². The number of hydrogen-bond donors (Lipinski definition) is 0. The van der Waals surface area contributed by atoms with Gasteiger partial charge in [-0.25, -0.2) is 0 Å². The van der Waals surface area contributed by atoms with E-state index in [4.69, 9.17) is 9.47 Å². The molecule has 0 saturated carbocycles. The van der Waals surface area contributed by atoms with Crippen LogP contribution >= 0.6 is 15.9 Å². The van der Waals surface area contributed by atoms with E-state index in [1.54, 1.807) is 14.2 Å². The highest BCUT2D eigenvalue weighted by atomic mass is 79.9. The molecule has 68 valence electrons. The summed E-state index contributed by atoms with van der Waals surface area (Å²) in [7, 11) is 3.37. The van der Waals surface area contributed by atoms with Gasteiger partial charge in [-0.1, -0.05) is 22.0 Å². The molecular formula is C9H13BrO2. The SMILES string of the molecule is COC1=C(C)C(OC)C(Br)C=C1. The van der Waals surface area contributed by atoms with E-state index in [0.717, 1.165) is 11.3 Å². The quantitative estimate of drug-likeness (QED) is 0.681. The van der Waals surface area contributed by atoms with Gasteiger partial charge in [-0.2, -0.15) is 0 Å². The van der Waals surface area contributed by atoms with Gasteiger partial charge in [-0.05, 0) is 18.6 Å². The zero-order chi connectivity index (χ0) is 9.14. The molecule has 2 atom stereocenters. The van der Waals surface area contributed by atoms with Gasteiger partial charge in [0.25, 0.3) is 0 Å². The number of methoxy groups -OCH3 is 2. The van der Waals surface area contributed by atoms with Crippen molar-refractivity contribution in [3.8, 4) is 0 Å². The lowest BCUT2D eigenvalue weighted by atomic mass is 10.0. The summed E-state index contributed by atoms with van der Waals surface area (Å²) < 4.78 is 10.5. The highest BCUT2D eigenvalue weighted by molar-refractivity contribution is 9.09. The minimum atomic E-state index is 0.0879. The van der Waals surface area contributed by atoms with Crippen LogP contribution in [0.3, 0.4) is 0 Å². The maximum atomic E-state index is 5.31. The minimum Gasteiger partial charge on any atom is -0.497 e. The van der Waals surface area contributed by atoms with Crippen LogP contribution < -0.4 is 0 Å². The molecule has 12 heavy (non-hydrogen) atoms. The van der Waals surface area contributed by atoms with Gasteiger partial charge in [0, 0.05) is 7.11 Å². The second-order valence-corrected chi connectivity index (χ2v) is 3.77. The largest absolute Gasteiger partial charge is 0.497 e. The molecule has 0 saturated heterocycles. The predicted molar refractivity (Wildman–Crippen MR) is 52.4 cm³/mol. The van der Waals surface area contributed by atoms with Gasteiger partial charge in [0.05, 0.1) is 18.0 Å². The molecule has 1 aliphatic rings. The fraction of sp³-hybridized carbons (Fsp3) is 0.556. The summed E-state index contributed by atoms with van der Waals surface area (Å²) in [5, 5.41) is 0. The number of alkyl halides is 1. The van der Waals surface area contributed by atoms with Gasteiger partial charge in [-0.3, -0.25) is 0 Å². The van der Waals surface area contributed by atoms with E-state index in [1.165, 1.54) is 0 Å². The standard InChI is InChI=1S/C9H13BrO2/c1-6-8(11-2)5-4-7(10)9(6)12-3/h4-5,7,9H,1-3H3. The normalized spacial score (nSPS) is 29.3. The van der Waals surface area contributed by atoms with Crippen LogP contribution in [0.4, 0.5) is 0 Å². The van der Waals surface area contributed by atoms with Crippen molar-refractivity contribution in [2.45, 2.75) is 17.9 Å². The molecule has 0 heterocycles. The zero-order valence-corrected chi connectivity index (χ0v) is 9.09. The molecule has 0 N–H and O–H groups in total. The second-order valence-electron chi connectivity index (χ2n) is 2.71. The van der Waals surface area contributed by atoms with Gasteiger partial charge in [0.2, 0.25) is 0 Å². The zero-order valence-electron chi connectivity index (χ0n) is 7.50. The van der Waals surface area contributed by atoms with E-state index in [9.17, 15) is 0 Å². The van der Waals surface area contributed by atoms with Gasteiger partial charge in [0.15, 0.2) is 0 Å². The topological polar surface area (TPSA) is 18.5 Å². The van der Waals surface area contributed by atoms with Crippen LogP contribution in [0.2, 0.25) is 0 Å². The third-order valence-electron chi connectivity index (χ3n) is 2.01. The monoisotopic (exact) mass is 232 g/mol. The molecule has 0 bridgehead atoms. The summed E-state index contributed by atoms with van der Waals surface area (Å²) >= 11 is 3.51. The third-order valence-corrected chi connectivity index (χ3v) is 2.80. The Balaban J connectivity index is 2.88. The van der Waals surface area contributed by atoms with Crippen molar-refractivity contribution in [2.75, 3.05) is 14.2 Å². The van der Waals surface area contributed by atoms with E-state index >= 15 is 0 Å². The first-order chi connectivity index (χ1) is 5.70. The van der Waals surface area contributed by atoms with Crippen molar-refractivity contribution in [1.29, 1.82) is 0 Å². The van der Waals surface area contributed by atoms with Crippen LogP contribution in [0, 0.1) is 0 Å². The van der Waals surface area contributed by atoms with Gasteiger partial charge < -0.3 is 9.47 Å². The van der Waals surface area contributed by atoms with E-state index < -0.39 is 0 Å². The molecule has 2 nitrogen and oxygen atoms in total. The molecule has 0 fully saturated rings. The summed E-state index contributed by atoms with van der Waals surface area (Å²) in [4.78, 5) is 0.251. The molecule has 0 amide bonds. The highest BCUT2D eigenvalue weighted by Gasteiger charge is 2.23. The number of halogens is 1. The molecule has 3 heteroatoms.